The Morgan fingerprint density at radius 2 is 1.85 bits per heavy atom. The van der Waals surface area contributed by atoms with Crippen LogP contribution in [0.2, 0.25) is 0 Å². The lowest BCUT2D eigenvalue weighted by atomic mass is 10.3. The lowest BCUT2D eigenvalue weighted by Gasteiger charge is -2.18. The Bertz CT molecular complexity index is 457. The second-order valence-corrected chi connectivity index (χ2v) is 4.54. The molecule has 0 aromatic heterocycles. The van der Waals surface area contributed by atoms with E-state index in [2.05, 4.69) is 10.6 Å². The summed E-state index contributed by atoms with van der Waals surface area (Å²) in [5.74, 6) is 0.384. The van der Waals surface area contributed by atoms with Gasteiger partial charge in [0.15, 0.2) is 0 Å². The number of carbonyl (C=O) groups excluding carboxylic acids is 2. The van der Waals surface area contributed by atoms with Crippen LogP contribution >= 0.6 is 0 Å². The molecule has 1 aromatic carbocycles. The van der Waals surface area contributed by atoms with Crippen molar-refractivity contribution in [2.45, 2.75) is 19.9 Å². The van der Waals surface area contributed by atoms with E-state index >= 15 is 0 Å². The molecule has 0 bridgehead atoms. The fraction of sp³-hybridized carbons (Fsp3) is 0.429. The number of anilines is 1. The topological polar surface area (TPSA) is 70.7 Å². The van der Waals surface area contributed by atoms with Crippen LogP contribution < -0.4 is 15.4 Å². The highest BCUT2D eigenvalue weighted by Gasteiger charge is 2.17. The van der Waals surface area contributed by atoms with Crippen molar-refractivity contribution < 1.29 is 14.3 Å². The van der Waals surface area contributed by atoms with Gasteiger partial charge in [0.25, 0.3) is 0 Å². The number of imide groups is 1. The number of nitrogens with zero attached hydrogens (tertiary/aromatic N) is 1. The van der Waals surface area contributed by atoms with Crippen LogP contribution in [0.15, 0.2) is 24.3 Å². The number of urea groups is 1. The summed E-state index contributed by atoms with van der Waals surface area (Å²) in [5.41, 5.74) is 0.594. The molecule has 3 amide bonds. The Balaban J connectivity index is 2.52. The van der Waals surface area contributed by atoms with Crippen molar-refractivity contribution in [1.82, 2.24) is 10.2 Å². The van der Waals surface area contributed by atoms with Crippen LogP contribution in [0, 0.1) is 0 Å². The molecular weight excluding hydrogens is 258 g/mol. The van der Waals surface area contributed by atoms with Crippen LogP contribution in [-0.2, 0) is 4.79 Å². The summed E-state index contributed by atoms with van der Waals surface area (Å²) in [6.45, 7) is 4.21. The lowest BCUT2D eigenvalue weighted by Crippen LogP contribution is -2.45. The molecule has 0 aliphatic heterocycles. The maximum atomic E-state index is 11.7. The molecule has 0 aliphatic carbocycles. The van der Waals surface area contributed by atoms with E-state index in [9.17, 15) is 9.59 Å². The Hall–Kier alpha value is -2.08. The summed E-state index contributed by atoms with van der Waals surface area (Å²) in [6.07, 6.45) is 0. The third-order valence-electron chi connectivity index (χ3n) is 2.81. The first-order chi connectivity index (χ1) is 9.43. The zero-order chi connectivity index (χ0) is 15.1. The van der Waals surface area contributed by atoms with Gasteiger partial charge in [-0.3, -0.25) is 15.0 Å². The minimum Gasteiger partial charge on any atom is -0.494 e. The van der Waals surface area contributed by atoms with Crippen LogP contribution in [0.4, 0.5) is 10.5 Å². The van der Waals surface area contributed by atoms with E-state index in [0.717, 1.165) is 5.75 Å². The van der Waals surface area contributed by atoms with E-state index in [1.54, 1.807) is 50.2 Å². The van der Waals surface area contributed by atoms with Crippen LogP contribution in [-0.4, -0.2) is 43.6 Å². The molecule has 110 valence electrons. The van der Waals surface area contributed by atoms with Crippen molar-refractivity contribution in [3.8, 4) is 5.75 Å². The third-order valence-corrected chi connectivity index (χ3v) is 2.81. The van der Waals surface area contributed by atoms with E-state index in [1.807, 2.05) is 6.92 Å². The number of likely N-dealkylation sites (N-methyl/N-ethyl adjacent to an activating group) is 1. The van der Waals surface area contributed by atoms with Crippen molar-refractivity contribution >= 4 is 17.6 Å². The maximum absolute atomic E-state index is 11.7. The summed E-state index contributed by atoms with van der Waals surface area (Å²) < 4.78 is 5.30. The van der Waals surface area contributed by atoms with Gasteiger partial charge < -0.3 is 10.1 Å². The number of hydrogen-bond donors (Lipinski definition) is 2. The molecule has 6 heteroatoms. The molecular formula is C14H21N3O3. The highest BCUT2D eigenvalue weighted by Crippen LogP contribution is 2.15. The van der Waals surface area contributed by atoms with E-state index in [1.165, 1.54) is 0 Å². The second-order valence-electron chi connectivity index (χ2n) is 4.54. The Morgan fingerprint density at radius 3 is 2.35 bits per heavy atom. The highest BCUT2D eigenvalue weighted by molar-refractivity contribution is 6.02. The first kappa shape index (κ1) is 16.0. The third kappa shape index (κ3) is 4.89. The molecule has 0 unspecified atom stereocenters. The molecule has 0 spiro atoms. The number of carbonyl (C=O) groups is 2. The zero-order valence-electron chi connectivity index (χ0n) is 12.3. The summed E-state index contributed by atoms with van der Waals surface area (Å²) in [7, 11) is 3.54. The largest absolute Gasteiger partial charge is 0.494 e. The average molecular weight is 279 g/mol. The van der Waals surface area contributed by atoms with E-state index in [0.29, 0.717) is 12.3 Å². The summed E-state index contributed by atoms with van der Waals surface area (Å²) in [4.78, 5) is 25.1. The lowest BCUT2D eigenvalue weighted by molar-refractivity contribution is -0.123. The maximum Gasteiger partial charge on any atom is 0.325 e. The second kappa shape index (κ2) is 7.49. The smallest absolute Gasteiger partial charge is 0.325 e. The molecule has 1 aromatic rings. The number of hydrogen-bond acceptors (Lipinski definition) is 4. The van der Waals surface area contributed by atoms with Gasteiger partial charge in [-0.05, 0) is 52.2 Å². The van der Waals surface area contributed by atoms with Gasteiger partial charge in [0.2, 0.25) is 5.91 Å². The first-order valence-electron chi connectivity index (χ1n) is 6.45. The highest BCUT2D eigenvalue weighted by atomic mass is 16.5. The predicted octanol–water partition coefficient (Wildman–Crippen LogP) is 1.68. The number of amides is 3. The summed E-state index contributed by atoms with van der Waals surface area (Å²) >= 11 is 0. The summed E-state index contributed by atoms with van der Waals surface area (Å²) in [5, 5.41) is 4.88. The molecule has 1 atom stereocenters. The number of rotatable bonds is 5. The summed E-state index contributed by atoms with van der Waals surface area (Å²) in [6, 6.07) is 6.01. The van der Waals surface area contributed by atoms with Gasteiger partial charge in [-0.15, -0.1) is 0 Å². The molecule has 0 radical (unpaired) electrons. The SMILES string of the molecule is CCOc1ccc(NC(=O)NC(=O)[C@H](C)N(C)C)cc1. The first-order valence-corrected chi connectivity index (χ1v) is 6.45. The number of nitrogens with one attached hydrogen (secondary N) is 2. The molecule has 6 nitrogen and oxygen atoms in total. The molecule has 1 rings (SSSR count). The predicted molar refractivity (Wildman–Crippen MR) is 77.9 cm³/mol. The van der Waals surface area contributed by atoms with Gasteiger partial charge in [-0.2, -0.15) is 0 Å². The fourth-order valence-electron chi connectivity index (χ4n) is 1.41. The van der Waals surface area contributed by atoms with Crippen molar-refractivity contribution in [3.05, 3.63) is 24.3 Å². The van der Waals surface area contributed by atoms with Crippen LogP contribution in [0.25, 0.3) is 0 Å². The Kier molecular flexibility index (Phi) is 5.99. The van der Waals surface area contributed by atoms with Crippen molar-refractivity contribution in [2.75, 3.05) is 26.0 Å². The quantitative estimate of drug-likeness (QED) is 0.860. The van der Waals surface area contributed by atoms with E-state index in [-0.39, 0.29) is 11.9 Å². The zero-order valence-corrected chi connectivity index (χ0v) is 12.3. The van der Waals surface area contributed by atoms with Crippen molar-refractivity contribution in [2.24, 2.45) is 0 Å². The molecule has 0 saturated heterocycles. The van der Waals surface area contributed by atoms with Gasteiger partial charge in [0, 0.05) is 5.69 Å². The van der Waals surface area contributed by atoms with Crippen LogP contribution in [0.1, 0.15) is 13.8 Å². The molecule has 2 N–H and O–H groups in total. The monoisotopic (exact) mass is 279 g/mol. The minimum absolute atomic E-state index is 0.349. The normalized spacial score (nSPS) is 11.8. The number of ether oxygens (including phenoxy) is 1. The van der Waals surface area contributed by atoms with Gasteiger partial charge in [0.1, 0.15) is 5.75 Å². The molecule has 0 saturated carbocycles. The minimum atomic E-state index is -0.548. The van der Waals surface area contributed by atoms with Gasteiger partial charge in [-0.25, -0.2) is 4.79 Å². The molecule has 0 aliphatic rings. The standard InChI is InChI=1S/C14H21N3O3/c1-5-20-12-8-6-11(7-9-12)15-14(19)16-13(18)10(2)17(3)4/h6-10H,5H2,1-4H3,(H2,15,16,18,19)/t10-/m0/s1. The molecule has 20 heavy (non-hydrogen) atoms. The van der Waals surface area contributed by atoms with Crippen molar-refractivity contribution in [3.63, 3.8) is 0 Å². The van der Waals surface area contributed by atoms with Crippen molar-refractivity contribution in [1.29, 1.82) is 0 Å². The van der Waals surface area contributed by atoms with Gasteiger partial charge in [0.05, 0.1) is 12.6 Å². The van der Waals surface area contributed by atoms with Crippen LogP contribution in [0.5, 0.6) is 5.75 Å². The van der Waals surface area contributed by atoms with Gasteiger partial charge in [-0.1, -0.05) is 0 Å². The number of benzene rings is 1. The molecule has 0 heterocycles. The molecule has 0 fully saturated rings. The van der Waals surface area contributed by atoms with E-state index in [4.69, 9.17) is 4.74 Å². The van der Waals surface area contributed by atoms with E-state index < -0.39 is 6.03 Å². The fourth-order valence-corrected chi connectivity index (χ4v) is 1.41. The Labute approximate surface area is 119 Å². The Morgan fingerprint density at radius 1 is 1.25 bits per heavy atom. The van der Waals surface area contributed by atoms with Gasteiger partial charge >= 0.3 is 6.03 Å². The van der Waals surface area contributed by atoms with Crippen LogP contribution in [0.3, 0.4) is 0 Å². The average Bonchev–Trinajstić information content (AvgIpc) is 2.40.